The molecule has 170 valence electrons. The number of rotatable bonds is 9. The van der Waals surface area contributed by atoms with Gasteiger partial charge >= 0.3 is 5.69 Å². The Morgan fingerprint density at radius 3 is 2.64 bits per heavy atom. The minimum absolute atomic E-state index is 0.0161. The van der Waals surface area contributed by atoms with Gasteiger partial charge in [0.15, 0.2) is 5.65 Å². The van der Waals surface area contributed by atoms with E-state index in [1.54, 1.807) is 12.4 Å². The van der Waals surface area contributed by atoms with Crippen molar-refractivity contribution < 1.29 is 4.79 Å². The molecule has 0 saturated heterocycles. The third-order valence-corrected chi connectivity index (χ3v) is 6.46. The molecule has 9 heteroatoms. The lowest BCUT2D eigenvalue weighted by atomic mass is 10.1. The highest BCUT2D eigenvalue weighted by molar-refractivity contribution is 7.98. The Hall–Kier alpha value is -3.10. The predicted molar refractivity (Wildman–Crippen MR) is 131 cm³/mol. The van der Waals surface area contributed by atoms with Gasteiger partial charge in [0.1, 0.15) is 11.6 Å². The number of amides is 1. The van der Waals surface area contributed by atoms with Crippen LogP contribution in [-0.4, -0.2) is 31.1 Å². The molecular formula is C24H24ClN5O2S. The van der Waals surface area contributed by atoms with Gasteiger partial charge in [-0.25, -0.2) is 18.9 Å². The first-order chi connectivity index (χ1) is 16.0. The van der Waals surface area contributed by atoms with Gasteiger partial charge in [-0.3, -0.25) is 4.79 Å². The van der Waals surface area contributed by atoms with Gasteiger partial charge in [0, 0.05) is 29.2 Å². The number of aryl methyl sites for hydroxylation is 1. The molecule has 2 aromatic heterocycles. The highest BCUT2D eigenvalue weighted by Gasteiger charge is 2.16. The van der Waals surface area contributed by atoms with Gasteiger partial charge < -0.3 is 5.32 Å². The number of hydrogen-bond donors (Lipinski definition) is 1. The first kappa shape index (κ1) is 23.1. The van der Waals surface area contributed by atoms with Crippen molar-refractivity contribution in [1.29, 1.82) is 0 Å². The molecule has 0 fully saturated rings. The molecule has 0 saturated carbocycles. The Labute approximate surface area is 200 Å². The van der Waals surface area contributed by atoms with E-state index in [0.29, 0.717) is 21.4 Å². The van der Waals surface area contributed by atoms with Crippen LogP contribution in [0.15, 0.2) is 76.8 Å². The Kier molecular flexibility index (Phi) is 7.47. The Morgan fingerprint density at radius 1 is 1.12 bits per heavy atom. The van der Waals surface area contributed by atoms with Crippen molar-refractivity contribution in [2.75, 3.05) is 0 Å². The fourth-order valence-electron chi connectivity index (χ4n) is 3.42. The zero-order valence-corrected chi connectivity index (χ0v) is 19.7. The van der Waals surface area contributed by atoms with Crippen LogP contribution in [0.3, 0.4) is 0 Å². The summed E-state index contributed by atoms with van der Waals surface area (Å²) >= 11 is 7.42. The van der Waals surface area contributed by atoms with Gasteiger partial charge in [-0.2, -0.15) is 0 Å². The minimum atomic E-state index is -0.368. The van der Waals surface area contributed by atoms with Gasteiger partial charge in [-0.05, 0) is 43.0 Å². The van der Waals surface area contributed by atoms with Crippen molar-refractivity contribution >= 4 is 34.9 Å². The van der Waals surface area contributed by atoms with E-state index in [-0.39, 0.29) is 24.2 Å². The summed E-state index contributed by atoms with van der Waals surface area (Å²) in [7, 11) is 0. The molecule has 0 radical (unpaired) electrons. The lowest BCUT2D eigenvalue weighted by Crippen LogP contribution is -2.37. The van der Waals surface area contributed by atoms with Crippen LogP contribution in [0.5, 0.6) is 0 Å². The molecule has 2 heterocycles. The van der Waals surface area contributed by atoms with Gasteiger partial charge in [0.25, 0.3) is 0 Å². The van der Waals surface area contributed by atoms with E-state index >= 15 is 0 Å². The van der Waals surface area contributed by atoms with E-state index in [1.165, 1.54) is 26.4 Å². The van der Waals surface area contributed by atoms with E-state index in [2.05, 4.69) is 27.5 Å². The average molecular weight is 482 g/mol. The molecule has 0 bridgehead atoms. The molecule has 1 amide bonds. The van der Waals surface area contributed by atoms with Crippen molar-refractivity contribution in [1.82, 2.24) is 24.5 Å². The number of fused-ring (bicyclic) bond motifs is 1. The van der Waals surface area contributed by atoms with Gasteiger partial charge in [-0.15, -0.1) is 5.10 Å². The summed E-state index contributed by atoms with van der Waals surface area (Å²) in [4.78, 5) is 29.7. The number of aromatic nitrogens is 4. The van der Waals surface area contributed by atoms with Crippen LogP contribution in [0, 0.1) is 0 Å². The van der Waals surface area contributed by atoms with Crippen molar-refractivity contribution in [3.63, 3.8) is 0 Å². The number of carbonyl (C=O) groups is 1. The molecule has 0 spiro atoms. The number of benzene rings is 2. The van der Waals surface area contributed by atoms with Crippen LogP contribution in [0.25, 0.3) is 5.65 Å². The molecule has 2 aromatic carbocycles. The zero-order valence-electron chi connectivity index (χ0n) is 18.1. The fourth-order valence-corrected chi connectivity index (χ4v) is 4.44. The van der Waals surface area contributed by atoms with Crippen LogP contribution in [0.2, 0.25) is 5.02 Å². The maximum Gasteiger partial charge on any atom is 0.350 e. The largest absolute Gasteiger partial charge is 0.352 e. The molecule has 7 nitrogen and oxygen atoms in total. The highest BCUT2D eigenvalue weighted by atomic mass is 35.5. The molecule has 4 rings (SSSR count). The fraction of sp³-hybridized carbons (Fsp3) is 0.250. The van der Waals surface area contributed by atoms with E-state index in [0.717, 1.165) is 18.4 Å². The lowest BCUT2D eigenvalue weighted by molar-refractivity contribution is -0.122. The van der Waals surface area contributed by atoms with Crippen LogP contribution in [-0.2, 0) is 23.5 Å². The van der Waals surface area contributed by atoms with E-state index in [4.69, 9.17) is 11.6 Å². The van der Waals surface area contributed by atoms with Crippen molar-refractivity contribution in [2.24, 2.45) is 0 Å². The molecule has 0 aliphatic heterocycles. The van der Waals surface area contributed by atoms with Gasteiger partial charge in [0.2, 0.25) is 5.91 Å². The number of hydrogen-bond acceptors (Lipinski definition) is 5. The van der Waals surface area contributed by atoms with Gasteiger partial charge in [-0.1, -0.05) is 65.8 Å². The van der Waals surface area contributed by atoms with Crippen LogP contribution >= 0.6 is 23.4 Å². The summed E-state index contributed by atoms with van der Waals surface area (Å²) in [5, 5.41) is 8.65. The number of nitrogens with zero attached hydrogens (tertiary/aromatic N) is 4. The Balaban J connectivity index is 1.39. The first-order valence-corrected chi connectivity index (χ1v) is 12.0. The van der Waals surface area contributed by atoms with Crippen LogP contribution in [0.1, 0.15) is 24.5 Å². The second-order valence-electron chi connectivity index (χ2n) is 7.77. The molecular weight excluding hydrogens is 458 g/mol. The third-order valence-electron chi connectivity index (χ3n) is 5.17. The maximum absolute atomic E-state index is 12.8. The predicted octanol–water partition coefficient (Wildman–Crippen LogP) is 3.97. The molecule has 0 unspecified atom stereocenters. The topological polar surface area (TPSA) is 81.3 Å². The van der Waals surface area contributed by atoms with Crippen molar-refractivity contribution in [3.05, 3.63) is 93.6 Å². The molecule has 0 aliphatic carbocycles. The SMILES string of the molecule is C[C@H](CCc1ccccc1)NC(=O)Cn1nc2c(SCc3ccc(Cl)cc3)nccn2c1=O. The van der Waals surface area contributed by atoms with E-state index in [9.17, 15) is 9.59 Å². The zero-order chi connectivity index (χ0) is 23.2. The molecule has 1 N–H and O–H groups in total. The number of nitrogens with one attached hydrogen (secondary N) is 1. The summed E-state index contributed by atoms with van der Waals surface area (Å²) in [5.74, 6) is 0.411. The Bertz CT molecular complexity index is 1290. The van der Waals surface area contributed by atoms with Crippen LogP contribution < -0.4 is 11.0 Å². The number of thioether (sulfide) groups is 1. The van der Waals surface area contributed by atoms with Crippen molar-refractivity contribution in [2.45, 2.75) is 43.1 Å². The summed E-state index contributed by atoms with van der Waals surface area (Å²) in [6.07, 6.45) is 4.81. The Morgan fingerprint density at radius 2 is 1.88 bits per heavy atom. The normalized spacial score (nSPS) is 12.1. The van der Waals surface area contributed by atoms with E-state index < -0.39 is 0 Å². The summed E-state index contributed by atoms with van der Waals surface area (Å²) in [6, 6.07) is 17.7. The second kappa shape index (κ2) is 10.7. The number of carbonyl (C=O) groups excluding carboxylic acids is 1. The first-order valence-electron chi connectivity index (χ1n) is 10.6. The summed E-state index contributed by atoms with van der Waals surface area (Å²) < 4.78 is 2.60. The van der Waals surface area contributed by atoms with Crippen molar-refractivity contribution in [3.8, 4) is 0 Å². The second-order valence-corrected chi connectivity index (χ2v) is 9.17. The summed E-state index contributed by atoms with van der Waals surface area (Å²) in [5.41, 5.74) is 2.38. The highest BCUT2D eigenvalue weighted by Crippen LogP contribution is 2.24. The minimum Gasteiger partial charge on any atom is -0.352 e. The molecule has 0 aliphatic rings. The summed E-state index contributed by atoms with van der Waals surface area (Å²) in [6.45, 7) is 1.82. The monoisotopic (exact) mass is 481 g/mol. The van der Waals surface area contributed by atoms with Gasteiger partial charge in [0.05, 0.1) is 0 Å². The number of halogens is 1. The smallest absolute Gasteiger partial charge is 0.350 e. The molecule has 4 aromatic rings. The average Bonchev–Trinajstić information content (AvgIpc) is 3.13. The molecule has 1 atom stereocenters. The lowest BCUT2D eigenvalue weighted by Gasteiger charge is -2.13. The quantitative estimate of drug-likeness (QED) is 0.366. The van der Waals surface area contributed by atoms with E-state index in [1.807, 2.05) is 49.4 Å². The van der Waals surface area contributed by atoms with Crippen LogP contribution in [0.4, 0.5) is 0 Å². The third kappa shape index (κ3) is 6.03. The standard InChI is InChI=1S/C24H24ClN5O2S/c1-17(7-8-18-5-3-2-4-6-18)27-21(31)15-30-24(32)29-14-13-26-23(22(29)28-30)33-16-19-9-11-20(25)12-10-19/h2-6,9-14,17H,7-8,15-16H2,1H3,(H,27,31)/t17-/m1/s1. The molecule has 33 heavy (non-hydrogen) atoms. The maximum atomic E-state index is 12.8.